The second kappa shape index (κ2) is 6.17. The molecule has 1 aromatic heterocycles. The number of rotatable bonds is 5. The first-order valence-electron chi connectivity index (χ1n) is 6.47. The van der Waals surface area contributed by atoms with Crippen LogP contribution in [0.1, 0.15) is 13.8 Å². The zero-order chi connectivity index (χ0) is 15.4. The van der Waals surface area contributed by atoms with Crippen molar-refractivity contribution in [2.45, 2.75) is 20.0 Å². The molecule has 21 heavy (non-hydrogen) atoms. The van der Waals surface area contributed by atoms with Gasteiger partial charge >= 0.3 is 5.69 Å². The highest BCUT2D eigenvalue weighted by Gasteiger charge is 2.18. The van der Waals surface area contributed by atoms with Crippen molar-refractivity contribution in [2.75, 3.05) is 12.4 Å². The van der Waals surface area contributed by atoms with Crippen molar-refractivity contribution in [3.05, 3.63) is 40.6 Å². The lowest BCUT2D eigenvalue weighted by atomic mass is 10.1. The molecule has 0 bridgehead atoms. The van der Waals surface area contributed by atoms with E-state index in [-0.39, 0.29) is 17.5 Å². The molecule has 0 amide bonds. The summed E-state index contributed by atoms with van der Waals surface area (Å²) >= 11 is 0. The Morgan fingerprint density at radius 2 is 1.95 bits per heavy atom. The molecule has 0 unspecified atom stereocenters. The van der Waals surface area contributed by atoms with Gasteiger partial charge in [-0.25, -0.2) is 9.97 Å². The summed E-state index contributed by atoms with van der Waals surface area (Å²) in [7, 11) is 1.66. The average molecular weight is 288 g/mol. The van der Waals surface area contributed by atoms with Crippen LogP contribution in [0.2, 0.25) is 0 Å². The molecule has 1 aromatic carbocycles. The molecule has 2 aromatic rings. The molecule has 0 spiro atoms. The first-order valence-corrected chi connectivity index (χ1v) is 6.47. The van der Waals surface area contributed by atoms with Gasteiger partial charge in [0, 0.05) is 12.6 Å². The van der Waals surface area contributed by atoms with Crippen LogP contribution in [0.25, 0.3) is 11.3 Å². The minimum Gasteiger partial charge on any atom is -0.491 e. The third kappa shape index (κ3) is 3.44. The predicted octanol–water partition coefficient (Wildman–Crippen LogP) is 2.88. The topological polar surface area (TPSA) is 90.2 Å². The van der Waals surface area contributed by atoms with Gasteiger partial charge < -0.3 is 10.1 Å². The molecule has 0 radical (unpaired) electrons. The van der Waals surface area contributed by atoms with E-state index in [1.807, 2.05) is 13.8 Å². The standard InChI is InChI=1S/C14H16N4O3/c1-9(2)21-11-6-4-10(5-7-11)13-12(18(19)20)8-16-14(15-3)17-13/h4-9H,1-3H3,(H,15,16,17). The maximum atomic E-state index is 11.1. The highest BCUT2D eigenvalue weighted by atomic mass is 16.6. The van der Waals surface area contributed by atoms with Gasteiger partial charge in [0.1, 0.15) is 11.9 Å². The summed E-state index contributed by atoms with van der Waals surface area (Å²) in [6, 6.07) is 7.01. The van der Waals surface area contributed by atoms with Crippen LogP contribution < -0.4 is 10.1 Å². The Bertz CT molecular complexity index is 641. The average Bonchev–Trinajstić information content (AvgIpc) is 2.46. The Morgan fingerprint density at radius 1 is 1.29 bits per heavy atom. The van der Waals surface area contributed by atoms with Crippen molar-refractivity contribution in [3.63, 3.8) is 0 Å². The largest absolute Gasteiger partial charge is 0.491 e. The molecule has 7 nitrogen and oxygen atoms in total. The maximum absolute atomic E-state index is 11.1. The predicted molar refractivity (Wildman–Crippen MR) is 79.4 cm³/mol. The summed E-state index contributed by atoms with van der Waals surface area (Å²) in [4.78, 5) is 18.6. The molecule has 0 aliphatic rings. The molecule has 110 valence electrons. The number of nitrogens with zero attached hydrogens (tertiary/aromatic N) is 3. The summed E-state index contributed by atoms with van der Waals surface area (Å²) < 4.78 is 5.55. The maximum Gasteiger partial charge on any atom is 0.313 e. The molecule has 7 heteroatoms. The number of anilines is 1. The minimum atomic E-state index is -0.493. The molecular weight excluding hydrogens is 272 g/mol. The van der Waals surface area contributed by atoms with Crippen molar-refractivity contribution in [3.8, 4) is 17.0 Å². The summed E-state index contributed by atoms with van der Waals surface area (Å²) in [6.45, 7) is 3.87. The van der Waals surface area contributed by atoms with Gasteiger partial charge in [-0.1, -0.05) is 0 Å². The Kier molecular flexibility index (Phi) is 4.32. The number of ether oxygens (including phenoxy) is 1. The number of hydrogen-bond acceptors (Lipinski definition) is 6. The monoisotopic (exact) mass is 288 g/mol. The molecule has 1 heterocycles. The molecule has 0 aliphatic carbocycles. The van der Waals surface area contributed by atoms with E-state index in [1.54, 1.807) is 31.3 Å². The molecule has 0 saturated carbocycles. The van der Waals surface area contributed by atoms with Crippen LogP contribution >= 0.6 is 0 Å². The van der Waals surface area contributed by atoms with Crippen molar-refractivity contribution in [2.24, 2.45) is 0 Å². The normalized spacial score (nSPS) is 10.5. The quantitative estimate of drug-likeness (QED) is 0.672. The zero-order valence-corrected chi connectivity index (χ0v) is 12.0. The lowest BCUT2D eigenvalue weighted by Gasteiger charge is -2.10. The van der Waals surface area contributed by atoms with Crippen molar-refractivity contribution >= 4 is 11.6 Å². The minimum absolute atomic E-state index is 0.0696. The zero-order valence-electron chi connectivity index (χ0n) is 12.0. The first-order chi connectivity index (χ1) is 10.0. The molecule has 0 atom stereocenters. The van der Waals surface area contributed by atoms with Gasteiger partial charge in [0.15, 0.2) is 5.69 Å². The van der Waals surface area contributed by atoms with Crippen molar-refractivity contribution < 1.29 is 9.66 Å². The van der Waals surface area contributed by atoms with Crippen molar-refractivity contribution in [1.29, 1.82) is 0 Å². The first kappa shape index (κ1) is 14.7. The van der Waals surface area contributed by atoms with E-state index in [2.05, 4.69) is 15.3 Å². The highest BCUT2D eigenvalue weighted by Crippen LogP contribution is 2.29. The third-order valence-corrected chi connectivity index (χ3v) is 2.69. The van der Waals surface area contributed by atoms with Crippen LogP contribution in [0.4, 0.5) is 11.6 Å². The Morgan fingerprint density at radius 3 is 2.48 bits per heavy atom. The number of benzene rings is 1. The van der Waals surface area contributed by atoms with Gasteiger partial charge in [0.05, 0.1) is 11.0 Å². The summed E-state index contributed by atoms with van der Waals surface area (Å²) in [5, 5.41) is 13.9. The van der Waals surface area contributed by atoms with E-state index in [4.69, 9.17) is 4.74 Å². The van der Waals surface area contributed by atoms with Crippen molar-refractivity contribution in [1.82, 2.24) is 9.97 Å². The van der Waals surface area contributed by atoms with Crippen LogP contribution in [0.3, 0.4) is 0 Å². The van der Waals surface area contributed by atoms with Crippen LogP contribution in [0.5, 0.6) is 5.75 Å². The van der Waals surface area contributed by atoms with Gasteiger partial charge in [0.2, 0.25) is 5.95 Å². The Labute approximate surface area is 122 Å². The molecule has 1 N–H and O–H groups in total. The molecule has 0 fully saturated rings. The van der Waals surface area contributed by atoms with Gasteiger partial charge in [0.25, 0.3) is 0 Å². The van der Waals surface area contributed by atoms with E-state index < -0.39 is 4.92 Å². The third-order valence-electron chi connectivity index (χ3n) is 2.69. The number of nitro groups is 1. The molecule has 0 saturated heterocycles. The fourth-order valence-electron chi connectivity index (χ4n) is 1.81. The van der Waals surface area contributed by atoms with E-state index in [1.165, 1.54) is 6.20 Å². The lowest BCUT2D eigenvalue weighted by Crippen LogP contribution is -2.05. The van der Waals surface area contributed by atoms with Gasteiger partial charge in [-0.2, -0.15) is 0 Å². The summed E-state index contributed by atoms with van der Waals surface area (Å²) in [5.41, 5.74) is 0.777. The Balaban J connectivity index is 2.42. The van der Waals surface area contributed by atoms with Crippen LogP contribution in [-0.2, 0) is 0 Å². The number of hydrogen-bond donors (Lipinski definition) is 1. The van der Waals surface area contributed by atoms with E-state index >= 15 is 0 Å². The molecule has 2 rings (SSSR count). The van der Waals surface area contributed by atoms with Crippen LogP contribution in [0.15, 0.2) is 30.5 Å². The molecular formula is C14H16N4O3. The fraction of sp³-hybridized carbons (Fsp3) is 0.286. The second-order valence-corrected chi connectivity index (χ2v) is 4.63. The summed E-state index contributed by atoms with van der Waals surface area (Å²) in [6.07, 6.45) is 1.27. The SMILES string of the molecule is CNc1ncc([N+](=O)[O-])c(-c2ccc(OC(C)C)cc2)n1. The van der Waals surface area contributed by atoms with E-state index in [0.29, 0.717) is 17.3 Å². The number of nitrogens with one attached hydrogen (secondary N) is 1. The van der Waals surface area contributed by atoms with Gasteiger partial charge in [-0.3, -0.25) is 10.1 Å². The molecule has 0 aliphatic heterocycles. The lowest BCUT2D eigenvalue weighted by molar-refractivity contribution is -0.384. The van der Waals surface area contributed by atoms with Crippen LogP contribution in [0, 0.1) is 10.1 Å². The second-order valence-electron chi connectivity index (χ2n) is 4.63. The number of aromatic nitrogens is 2. The van der Waals surface area contributed by atoms with E-state index in [0.717, 1.165) is 0 Å². The summed E-state index contributed by atoms with van der Waals surface area (Å²) in [5.74, 6) is 1.04. The van der Waals surface area contributed by atoms with E-state index in [9.17, 15) is 10.1 Å². The van der Waals surface area contributed by atoms with Gasteiger partial charge in [-0.15, -0.1) is 0 Å². The smallest absolute Gasteiger partial charge is 0.313 e. The Hall–Kier alpha value is -2.70. The van der Waals surface area contributed by atoms with Crippen LogP contribution in [-0.4, -0.2) is 28.0 Å². The fourth-order valence-corrected chi connectivity index (χ4v) is 1.81. The van der Waals surface area contributed by atoms with Gasteiger partial charge in [-0.05, 0) is 38.1 Å². The highest BCUT2D eigenvalue weighted by molar-refractivity contribution is 5.70.